The van der Waals surface area contributed by atoms with Gasteiger partial charge in [0, 0.05) is 103 Å². The Morgan fingerprint density at radius 3 is 2.21 bits per heavy atom. The maximum atomic E-state index is 14.0. The first-order chi connectivity index (χ1) is 35.2. The lowest BCUT2D eigenvalue weighted by Gasteiger charge is -2.34. The van der Waals surface area contributed by atoms with E-state index < -0.39 is 23.5 Å². The summed E-state index contributed by atoms with van der Waals surface area (Å²) in [5.41, 5.74) is 5.13. The fourth-order valence-electron chi connectivity index (χ4n) is 8.81. The van der Waals surface area contributed by atoms with Gasteiger partial charge in [-0.15, -0.1) is 11.3 Å². The third-order valence-electron chi connectivity index (χ3n) is 13.5. The lowest BCUT2D eigenvalue weighted by atomic mass is 9.76. The van der Waals surface area contributed by atoms with Crippen LogP contribution in [0.2, 0.25) is 0 Å². The molecule has 4 N–H and O–H groups in total. The van der Waals surface area contributed by atoms with Gasteiger partial charge < -0.3 is 45.1 Å². The number of amides is 3. The minimum absolute atomic E-state index is 0.0330. The number of rotatable bonds is 31. The van der Waals surface area contributed by atoms with Crippen LogP contribution in [0.15, 0.2) is 64.7 Å². The number of aliphatic hydroxyl groups is 1. The summed E-state index contributed by atoms with van der Waals surface area (Å²) >= 11 is 5.10. The van der Waals surface area contributed by atoms with E-state index in [9.17, 15) is 24.3 Å². The zero-order valence-electron chi connectivity index (χ0n) is 43.5. The Labute approximate surface area is 444 Å². The van der Waals surface area contributed by atoms with Crippen molar-refractivity contribution < 1.29 is 38.5 Å². The van der Waals surface area contributed by atoms with Crippen molar-refractivity contribution in [2.75, 3.05) is 70.3 Å². The first kappa shape index (κ1) is 57.3. The molecule has 1 saturated carbocycles. The van der Waals surface area contributed by atoms with Crippen LogP contribution < -0.4 is 20.7 Å². The van der Waals surface area contributed by atoms with E-state index in [1.165, 1.54) is 4.90 Å². The lowest BCUT2D eigenvalue weighted by molar-refractivity contribution is -0.146. The van der Waals surface area contributed by atoms with Gasteiger partial charge in [-0.25, -0.2) is 9.97 Å². The molecular formula is C55H77BrN8O8S. The highest BCUT2D eigenvalue weighted by atomic mass is 79.9. The van der Waals surface area contributed by atoms with Crippen LogP contribution in [0.4, 0.5) is 17.5 Å². The van der Waals surface area contributed by atoms with E-state index in [1.807, 2.05) is 88.8 Å². The van der Waals surface area contributed by atoms with E-state index in [4.69, 9.17) is 14.2 Å². The molecule has 2 aliphatic rings. The standard InChI is InChI=1S/C55H77BrN8O8S/c1-38-49(73-37-60-38)40-19-17-39(18-20-40)34-58-51(67)48-33-44(66)36-64(48)53(69)46(55(2,3)4)32-43(65)16-7-6-8-27-70-28-9-10-29-71-30-11-12-31-72-45-23-21-42(22-24-45)61-54-59-35-47(56)50(62-54)57-25-26-63(5)52(68)41-14-13-15-41/h17-24,35,37,41,44,46,48,66H,6-16,25-34,36H2,1-5H3,(H,58,67)(H2,57,59,61,62)/t44-,46-,48+/m0/s1. The van der Waals surface area contributed by atoms with Crippen molar-refractivity contribution in [2.45, 2.75) is 130 Å². The van der Waals surface area contributed by atoms with Crippen molar-refractivity contribution in [3.63, 3.8) is 0 Å². The summed E-state index contributed by atoms with van der Waals surface area (Å²) in [6.07, 6.45) is 10.7. The SMILES string of the molecule is Cc1ncsc1-c1ccc(CNC(=O)[C@H]2C[C@H](O)CN2C(=O)[C@H](CC(=O)CCCCCOCCCCOCCCCOc2ccc(Nc3ncc(Br)c(NCCN(C)C(=O)C4CCC4)n3)cc2)C(C)(C)C)cc1. The summed E-state index contributed by atoms with van der Waals surface area (Å²) in [4.78, 5) is 70.9. The number of aliphatic hydroxyl groups excluding tert-OH is 1. The minimum Gasteiger partial charge on any atom is -0.494 e. The molecule has 4 aromatic rings. The number of β-amino-alcohol motifs (C(OH)–C–C–N with tert-alkyl or cyclic N) is 1. The molecule has 0 bridgehead atoms. The summed E-state index contributed by atoms with van der Waals surface area (Å²) in [7, 11) is 1.85. The summed E-state index contributed by atoms with van der Waals surface area (Å²) in [5.74, 6) is 1.17. The molecule has 3 amide bonds. The molecule has 3 atom stereocenters. The van der Waals surface area contributed by atoms with Gasteiger partial charge in [0.1, 0.15) is 23.4 Å². The van der Waals surface area contributed by atoms with Crippen molar-refractivity contribution >= 4 is 68.2 Å². The second-order valence-corrected chi connectivity index (χ2v) is 22.1. The van der Waals surface area contributed by atoms with Gasteiger partial charge in [0.05, 0.1) is 33.3 Å². The molecule has 2 aromatic heterocycles. The number of carbonyl (C=O) groups excluding carboxylic acids is 4. The molecular weight excluding hydrogens is 1010 g/mol. The average Bonchev–Trinajstić information content (AvgIpc) is 3.97. The second kappa shape index (κ2) is 29.2. The summed E-state index contributed by atoms with van der Waals surface area (Å²) in [5, 5.41) is 20.1. The molecule has 1 aliphatic heterocycles. The quantitative estimate of drug-likeness (QED) is 0.0348. The van der Waals surface area contributed by atoms with Gasteiger partial charge in [0.25, 0.3) is 0 Å². The van der Waals surface area contributed by atoms with E-state index in [0.717, 1.165) is 102 Å². The van der Waals surface area contributed by atoms with E-state index >= 15 is 0 Å². The smallest absolute Gasteiger partial charge is 0.243 e. The maximum absolute atomic E-state index is 14.0. The van der Waals surface area contributed by atoms with Crippen LogP contribution in [0.3, 0.4) is 0 Å². The highest BCUT2D eigenvalue weighted by Crippen LogP contribution is 2.35. The zero-order chi connectivity index (χ0) is 52.2. The first-order valence-corrected chi connectivity index (χ1v) is 27.8. The van der Waals surface area contributed by atoms with Gasteiger partial charge in [-0.1, -0.05) is 57.9 Å². The Morgan fingerprint density at radius 2 is 1.58 bits per heavy atom. The van der Waals surface area contributed by atoms with Crippen LogP contribution in [-0.4, -0.2) is 125 Å². The number of nitrogens with zero attached hydrogens (tertiary/aromatic N) is 5. The molecule has 73 heavy (non-hydrogen) atoms. The topological polar surface area (TPSA) is 197 Å². The van der Waals surface area contributed by atoms with Crippen LogP contribution in [0.25, 0.3) is 10.4 Å². The number of carbonyl (C=O) groups is 4. The number of hydrogen-bond donors (Lipinski definition) is 4. The van der Waals surface area contributed by atoms with E-state index in [1.54, 1.807) is 22.4 Å². The molecule has 1 saturated heterocycles. The summed E-state index contributed by atoms with van der Waals surface area (Å²) < 4.78 is 18.3. The van der Waals surface area contributed by atoms with E-state index in [2.05, 4.69) is 46.8 Å². The van der Waals surface area contributed by atoms with Crippen LogP contribution in [0.1, 0.15) is 115 Å². The highest BCUT2D eigenvalue weighted by Gasteiger charge is 2.44. The largest absolute Gasteiger partial charge is 0.494 e. The number of nitrogens with one attached hydrogen (secondary N) is 3. The van der Waals surface area contributed by atoms with Gasteiger partial charge >= 0.3 is 0 Å². The first-order valence-electron chi connectivity index (χ1n) is 26.1. The molecule has 2 aromatic carbocycles. The van der Waals surface area contributed by atoms with Gasteiger partial charge in [-0.3, -0.25) is 19.2 Å². The van der Waals surface area contributed by atoms with Crippen LogP contribution >= 0.6 is 27.3 Å². The van der Waals surface area contributed by atoms with Gasteiger partial charge in [0.15, 0.2) is 0 Å². The van der Waals surface area contributed by atoms with E-state index in [0.29, 0.717) is 70.9 Å². The number of ether oxygens (including phenoxy) is 3. The summed E-state index contributed by atoms with van der Waals surface area (Å²) in [6, 6.07) is 14.9. The average molecular weight is 1090 g/mol. The number of aryl methyl sites for hydroxylation is 1. The highest BCUT2D eigenvalue weighted by molar-refractivity contribution is 9.10. The number of likely N-dealkylation sites (N-methyl/N-ethyl adjacent to an activating group) is 1. The number of ketones is 1. The predicted molar refractivity (Wildman–Crippen MR) is 290 cm³/mol. The molecule has 0 unspecified atom stereocenters. The van der Waals surface area contributed by atoms with Crippen molar-refractivity contribution in [3.05, 3.63) is 76.0 Å². The van der Waals surface area contributed by atoms with E-state index in [-0.39, 0.29) is 48.8 Å². The molecule has 6 rings (SSSR count). The number of aromatic nitrogens is 3. The zero-order valence-corrected chi connectivity index (χ0v) is 45.9. The minimum atomic E-state index is -0.807. The third-order valence-corrected chi connectivity index (χ3v) is 15.1. The monoisotopic (exact) mass is 1090 g/mol. The molecule has 398 valence electrons. The molecule has 0 spiro atoms. The lowest BCUT2D eigenvalue weighted by Crippen LogP contribution is -2.50. The van der Waals surface area contributed by atoms with Crippen molar-refractivity contribution in [2.24, 2.45) is 17.3 Å². The number of Topliss-reactive ketones (excluding diaryl/α,β-unsaturated/α-hetero) is 1. The number of benzene rings is 2. The van der Waals surface area contributed by atoms with Gasteiger partial charge in [-0.2, -0.15) is 4.98 Å². The van der Waals surface area contributed by atoms with Crippen LogP contribution in [0, 0.1) is 24.2 Å². The Hall–Kier alpha value is -5.01. The molecule has 0 radical (unpaired) electrons. The molecule has 16 nitrogen and oxygen atoms in total. The fraction of sp³-hybridized carbons (Fsp3) is 0.582. The number of hydrogen-bond acceptors (Lipinski definition) is 14. The number of unbranched alkanes of at least 4 members (excludes halogenated alkanes) is 4. The third kappa shape index (κ3) is 18.4. The van der Waals surface area contributed by atoms with Crippen molar-refractivity contribution in [1.29, 1.82) is 0 Å². The van der Waals surface area contributed by atoms with Gasteiger partial charge in [0.2, 0.25) is 23.7 Å². The van der Waals surface area contributed by atoms with Crippen LogP contribution in [-0.2, 0) is 35.2 Å². The predicted octanol–water partition coefficient (Wildman–Crippen LogP) is 9.52. The summed E-state index contributed by atoms with van der Waals surface area (Å²) in [6.45, 7) is 12.6. The Kier molecular flexibility index (Phi) is 22.9. The number of anilines is 3. The molecule has 3 heterocycles. The Morgan fingerprint density at radius 1 is 0.904 bits per heavy atom. The maximum Gasteiger partial charge on any atom is 0.243 e. The number of likely N-dealkylation sites (tertiary alicyclic amines) is 1. The van der Waals surface area contributed by atoms with Crippen LogP contribution in [0.5, 0.6) is 5.75 Å². The molecule has 1 aliphatic carbocycles. The Bertz CT molecular complexity index is 2360. The normalized spacial score (nSPS) is 16.2. The fourth-order valence-corrected chi connectivity index (χ4v) is 9.95. The van der Waals surface area contributed by atoms with Crippen molar-refractivity contribution in [1.82, 2.24) is 30.1 Å². The second-order valence-electron chi connectivity index (χ2n) is 20.4. The van der Waals surface area contributed by atoms with Gasteiger partial charge in [-0.05, 0) is 115 Å². The Balaban J connectivity index is 0.756. The van der Waals surface area contributed by atoms with Crippen molar-refractivity contribution in [3.8, 4) is 16.2 Å². The number of halogens is 1. The molecule has 18 heteroatoms. The molecule has 2 fully saturated rings. The number of thiazole rings is 1.